The Bertz CT molecular complexity index is 1080. The fourth-order valence-electron chi connectivity index (χ4n) is 4.13. The lowest BCUT2D eigenvalue weighted by Gasteiger charge is -2.33. The van der Waals surface area contributed by atoms with E-state index in [0.717, 1.165) is 48.8 Å². The van der Waals surface area contributed by atoms with Crippen LogP contribution in [-0.2, 0) is 6.54 Å². The Kier molecular flexibility index (Phi) is 5.02. The summed E-state index contributed by atoms with van der Waals surface area (Å²) in [5.74, 6) is 3.11. The fourth-order valence-corrected chi connectivity index (χ4v) is 4.13. The van der Waals surface area contributed by atoms with Gasteiger partial charge in [0, 0.05) is 61.3 Å². The van der Waals surface area contributed by atoms with Gasteiger partial charge in [0.2, 0.25) is 0 Å². The summed E-state index contributed by atoms with van der Waals surface area (Å²) in [4.78, 5) is 32.9. The lowest BCUT2D eigenvalue weighted by atomic mass is 9.96. The van der Waals surface area contributed by atoms with Gasteiger partial charge in [0.1, 0.15) is 11.6 Å². The van der Waals surface area contributed by atoms with Crippen molar-refractivity contribution in [3.8, 4) is 11.3 Å². The first-order valence-corrected chi connectivity index (χ1v) is 10.7. The minimum Gasteiger partial charge on any atom is -0.356 e. The van der Waals surface area contributed by atoms with Gasteiger partial charge in [-0.25, -0.2) is 15.0 Å². The molecule has 0 spiro atoms. The van der Waals surface area contributed by atoms with E-state index in [-0.39, 0.29) is 5.56 Å². The molecule has 0 bridgehead atoms. The van der Waals surface area contributed by atoms with Crippen LogP contribution in [0.1, 0.15) is 43.1 Å². The van der Waals surface area contributed by atoms with Gasteiger partial charge in [0.15, 0.2) is 0 Å². The number of nitrogens with zero attached hydrogens (tertiary/aromatic N) is 6. The van der Waals surface area contributed by atoms with Crippen molar-refractivity contribution < 1.29 is 0 Å². The predicted molar refractivity (Wildman–Crippen MR) is 115 cm³/mol. The molecular formula is C23H26N6O. The molecule has 7 heteroatoms. The molecule has 0 aromatic carbocycles. The van der Waals surface area contributed by atoms with Crippen LogP contribution in [0.4, 0.5) is 5.82 Å². The zero-order valence-electron chi connectivity index (χ0n) is 17.2. The van der Waals surface area contributed by atoms with Crippen LogP contribution in [0, 0.1) is 12.8 Å². The maximum Gasteiger partial charge on any atom is 0.253 e. The van der Waals surface area contributed by atoms with E-state index in [0.29, 0.717) is 24.1 Å². The summed E-state index contributed by atoms with van der Waals surface area (Å²) in [5, 5.41) is 0. The van der Waals surface area contributed by atoms with Crippen molar-refractivity contribution in [1.82, 2.24) is 24.5 Å². The Morgan fingerprint density at radius 3 is 2.50 bits per heavy atom. The molecule has 0 atom stereocenters. The van der Waals surface area contributed by atoms with E-state index >= 15 is 0 Å². The molecule has 3 aromatic heterocycles. The van der Waals surface area contributed by atoms with Gasteiger partial charge in [-0.05, 0) is 50.7 Å². The number of piperidine rings is 1. The zero-order valence-corrected chi connectivity index (χ0v) is 17.2. The molecule has 5 rings (SSSR count). The molecule has 1 aliphatic carbocycles. The van der Waals surface area contributed by atoms with Crippen molar-refractivity contribution in [1.29, 1.82) is 0 Å². The maximum atomic E-state index is 12.6. The third-order valence-corrected chi connectivity index (χ3v) is 6.05. The standard InChI is InChI=1S/C23H26N6O/c1-16-12-21(27-23(26-16)19-2-3-19)28-10-6-17(7-11-28)14-29-15-25-20(13-22(29)30)18-4-8-24-9-5-18/h4-5,8-9,12-13,15,17,19H,2-3,6-7,10-11,14H2,1H3. The Morgan fingerprint density at radius 2 is 1.80 bits per heavy atom. The largest absolute Gasteiger partial charge is 0.356 e. The van der Waals surface area contributed by atoms with Crippen molar-refractivity contribution in [3.05, 3.63) is 64.9 Å². The van der Waals surface area contributed by atoms with Crippen LogP contribution in [0.2, 0.25) is 0 Å². The summed E-state index contributed by atoms with van der Waals surface area (Å²) in [6.45, 7) is 4.69. The van der Waals surface area contributed by atoms with E-state index in [4.69, 9.17) is 4.98 Å². The topological polar surface area (TPSA) is 76.8 Å². The van der Waals surface area contributed by atoms with Crippen molar-refractivity contribution in [2.75, 3.05) is 18.0 Å². The van der Waals surface area contributed by atoms with Gasteiger partial charge in [-0.3, -0.25) is 14.3 Å². The van der Waals surface area contributed by atoms with Crippen LogP contribution in [0.15, 0.2) is 47.8 Å². The van der Waals surface area contributed by atoms with Gasteiger partial charge in [0.25, 0.3) is 5.56 Å². The minimum absolute atomic E-state index is 0.000239. The summed E-state index contributed by atoms with van der Waals surface area (Å²) in [6, 6.07) is 7.45. The van der Waals surface area contributed by atoms with E-state index in [1.807, 2.05) is 12.1 Å². The summed E-state index contributed by atoms with van der Waals surface area (Å²) < 4.78 is 1.74. The van der Waals surface area contributed by atoms with Gasteiger partial charge >= 0.3 is 0 Å². The van der Waals surface area contributed by atoms with Crippen molar-refractivity contribution in [2.45, 2.75) is 45.1 Å². The summed E-state index contributed by atoms with van der Waals surface area (Å²) in [5.41, 5.74) is 2.66. The molecule has 1 saturated carbocycles. The quantitative estimate of drug-likeness (QED) is 0.652. The van der Waals surface area contributed by atoms with Gasteiger partial charge in [-0.1, -0.05) is 0 Å². The highest BCUT2D eigenvalue weighted by molar-refractivity contribution is 5.57. The molecule has 0 radical (unpaired) electrons. The molecule has 2 aliphatic rings. The first-order valence-electron chi connectivity index (χ1n) is 10.7. The Hall–Kier alpha value is -3.09. The summed E-state index contributed by atoms with van der Waals surface area (Å²) >= 11 is 0. The smallest absolute Gasteiger partial charge is 0.253 e. The molecule has 154 valence electrons. The molecule has 0 amide bonds. The molecule has 1 saturated heterocycles. The van der Waals surface area contributed by atoms with E-state index in [1.165, 1.54) is 12.8 Å². The van der Waals surface area contributed by atoms with Gasteiger partial charge in [-0.2, -0.15) is 0 Å². The second-order valence-electron chi connectivity index (χ2n) is 8.43. The van der Waals surface area contributed by atoms with Gasteiger partial charge in [-0.15, -0.1) is 0 Å². The highest BCUT2D eigenvalue weighted by Crippen LogP contribution is 2.38. The first-order chi connectivity index (χ1) is 14.7. The average molecular weight is 403 g/mol. The average Bonchev–Trinajstić information content (AvgIpc) is 3.61. The SMILES string of the molecule is Cc1cc(N2CCC(Cn3cnc(-c4ccncc4)cc3=O)CC2)nc(C2CC2)n1. The number of pyridine rings is 1. The third-order valence-electron chi connectivity index (χ3n) is 6.05. The minimum atomic E-state index is -0.000239. The maximum absolute atomic E-state index is 12.6. The predicted octanol–water partition coefficient (Wildman–Crippen LogP) is 3.20. The summed E-state index contributed by atoms with van der Waals surface area (Å²) in [6.07, 6.45) is 9.62. The number of aryl methyl sites for hydroxylation is 1. The molecule has 3 aromatic rings. The highest BCUT2D eigenvalue weighted by Gasteiger charge is 2.28. The Morgan fingerprint density at radius 1 is 1.03 bits per heavy atom. The molecule has 0 N–H and O–H groups in total. The first kappa shape index (κ1) is 18.9. The van der Waals surface area contributed by atoms with E-state index in [1.54, 1.807) is 29.4 Å². The van der Waals surface area contributed by atoms with Crippen molar-refractivity contribution in [3.63, 3.8) is 0 Å². The van der Waals surface area contributed by atoms with Crippen LogP contribution in [0.3, 0.4) is 0 Å². The van der Waals surface area contributed by atoms with Crippen molar-refractivity contribution in [2.24, 2.45) is 5.92 Å². The third kappa shape index (κ3) is 4.10. The Labute approximate surface area is 175 Å². The molecule has 7 nitrogen and oxygen atoms in total. The number of aromatic nitrogens is 5. The van der Waals surface area contributed by atoms with Crippen LogP contribution in [0.25, 0.3) is 11.3 Å². The second-order valence-corrected chi connectivity index (χ2v) is 8.43. The van der Waals surface area contributed by atoms with Crippen molar-refractivity contribution >= 4 is 5.82 Å². The lowest BCUT2D eigenvalue weighted by Crippen LogP contribution is -2.37. The molecule has 1 aliphatic heterocycles. The highest BCUT2D eigenvalue weighted by atomic mass is 16.1. The van der Waals surface area contributed by atoms with E-state index in [9.17, 15) is 4.79 Å². The molecule has 30 heavy (non-hydrogen) atoms. The summed E-state index contributed by atoms with van der Waals surface area (Å²) in [7, 11) is 0. The number of anilines is 1. The normalized spacial score (nSPS) is 17.3. The van der Waals surface area contributed by atoms with E-state index < -0.39 is 0 Å². The zero-order chi connectivity index (χ0) is 20.5. The molecule has 2 fully saturated rings. The molecule has 0 unspecified atom stereocenters. The lowest BCUT2D eigenvalue weighted by molar-refractivity contribution is 0.350. The number of hydrogen-bond donors (Lipinski definition) is 0. The Balaban J connectivity index is 1.23. The fraction of sp³-hybridized carbons (Fsp3) is 0.435. The van der Waals surface area contributed by atoms with Crippen LogP contribution in [0.5, 0.6) is 0 Å². The van der Waals surface area contributed by atoms with E-state index in [2.05, 4.69) is 32.8 Å². The number of hydrogen-bond acceptors (Lipinski definition) is 6. The number of rotatable bonds is 5. The second kappa shape index (κ2) is 7.97. The monoisotopic (exact) mass is 402 g/mol. The van der Waals surface area contributed by atoms with Gasteiger partial charge in [0.05, 0.1) is 12.0 Å². The molecular weight excluding hydrogens is 376 g/mol. The van der Waals surface area contributed by atoms with Crippen LogP contribution >= 0.6 is 0 Å². The molecule has 4 heterocycles. The van der Waals surface area contributed by atoms with Gasteiger partial charge < -0.3 is 4.90 Å². The van der Waals surface area contributed by atoms with Crippen LogP contribution in [-0.4, -0.2) is 37.6 Å². The van der Waals surface area contributed by atoms with Crippen LogP contribution < -0.4 is 10.5 Å².